The molecule has 1 aliphatic heterocycles. The molecule has 2 fully saturated rings. The van der Waals surface area contributed by atoms with E-state index in [-0.39, 0.29) is 23.6 Å². The SMILES string of the molecule is CCC(O)N[C@@H](C(=O)N1CCN(CC)[C@H](C)C1)[C@@H](C)c1ccc(NC(=O)[C@@H](NC(=O)c2ccnn2CC)[C@H]2CC[C@H](C)CC2)c(F)c1. The molecule has 2 aromatic rings. The quantitative estimate of drug-likeness (QED) is 0.241. The Morgan fingerprint density at radius 3 is 2.38 bits per heavy atom. The number of hydrogen-bond donors (Lipinski definition) is 4. The molecule has 5 atom stereocenters. The number of halogens is 1. The van der Waals surface area contributed by atoms with Crippen LogP contribution in [-0.2, 0) is 16.1 Å². The highest BCUT2D eigenvalue weighted by atomic mass is 19.1. The Labute approximate surface area is 278 Å². The van der Waals surface area contributed by atoms with Gasteiger partial charge in [-0.25, -0.2) is 4.39 Å². The number of anilines is 1. The summed E-state index contributed by atoms with van der Waals surface area (Å²) in [5, 5.41) is 23.4. The number of nitrogens with zero attached hydrogens (tertiary/aromatic N) is 4. The number of piperazine rings is 1. The summed E-state index contributed by atoms with van der Waals surface area (Å²) in [6.07, 6.45) is 4.53. The summed E-state index contributed by atoms with van der Waals surface area (Å²) in [4.78, 5) is 44.9. The minimum Gasteiger partial charge on any atom is -0.379 e. The lowest BCUT2D eigenvalue weighted by Crippen LogP contribution is -2.59. The first-order valence-corrected chi connectivity index (χ1v) is 17.4. The van der Waals surface area contributed by atoms with Gasteiger partial charge in [-0.15, -0.1) is 0 Å². The normalized spacial score (nSPS) is 23.1. The molecule has 1 aromatic heterocycles. The van der Waals surface area contributed by atoms with Crippen LogP contribution in [0, 0.1) is 17.7 Å². The third kappa shape index (κ3) is 8.97. The number of amides is 3. The molecule has 4 rings (SSSR count). The van der Waals surface area contributed by atoms with E-state index in [0.717, 1.165) is 38.8 Å². The van der Waals surface area contributed by atoms with Crippen molar-refractivity contribution in [1.82, 2.24) is 30.2 Å². The lowest BCUT2D eigenvalue weighted by atomic mass is 9.79. The van der Waals surface area contributed by atoms with Crippen LogP contribution in [-0.4, -0.2) is 92.9 Å². The molecule has 1 aliphatic carbocycles. The van der Waals surface area contributed by atoms with Crippen LogP contribution < -0.4 is 16.0 Å². The molecular formula is C35H54FN7O4. The van der Waals surface area contributed by atoms with Crippen LogP contribution in [0.2, 0.25) is 0 Å². The van der Waals surface area contributed by atoms with Gasteiger partial charge >= 0.3 is 0 Å². The Balaban J connectivity index is 1.51. The zero-order valence-electron chi connectivity index (χ0n) is 28.8. The molecule has 47 heavy (non-hydrogen) atoms. The second-order valence-electron chi connectivity index (χ2n) is 13.4. The van der Waals surface area contributed by atoms with Crippen LogP contribution in [0.25, 0.3) is 0 Å². The predicted octanol–water partition coefficient (Wildman–Crippen LogP) is 3.95. The number of likely N-dealkylation sites (N-methyl/N-ethyl adjacent to an activating group) is 1. The number of nitrogens with one attached hydrogen (secondary N) is 3. The van der Waals surface area contributed by atoms with Crippen molar-refractivity contribution in [3.8, 4) is 0 Å². The first-order chi connectivity index (χ1) is 22.5. The minimum atomic E-state index is -0.893. The topological polar surface area (TPSA) is 132 Å². The summed E-state index contributed by atoms with van der Waals surface area (Å²) in [5.74, 6) is -1.64. The van der Waals surface area contributed by atoms with Crippen LogP contribution >= 0.6 is 0 Å². The molecular weight excluding hydrogens is 601 g/mol. The average molecular weight is 656 g/mol. The van der Waals surface area contributed by atoms with Gasteiger partial charge in [-0.1, -0.05) is 46.6 Å². The maximum absolute atomic E-state index is 15.7. The van der Waals surface area contributed by atoms with E-state index in [4.69, 9.17) is 0 Å². The van der Waals surface area contributed by atoms with E-state index in [1.165, 1.54) is 12.1 Å². The van der Waals surface area contributed by atoms with Crippen LogP contribution in [0.5, 0.6) is 0 Å². The third-order valence-corrected chi connectivity index (χ3v) is 10.1. The molecule has 260 valence electrons. The molecule has 11 nitrogen and oxygen atoms in total. The molecule has 0 bridgehead atoms. The summed E-state index contributed by atoms with van der Waals surface area (Å²) >= 11 is 0. The molecule has 0 radical (unpaired) electrons. The van der Waals surface area contributed by atoms with E-state index < -0.39 is 41.9 Å². The summed E-state index contributed by atoms with van der Waals surface area (Å²) in [6.45, 7) is 15.3. The maximum Gasteiger partial charge on any atom is 0.270 e. The van der Waals surface area contributed by atoms with Crippen molar-refractivity contribution >= 4 is 23.4 Å². The molecule has 0 spiro atoms. The number of aliphatic hydroxyl groups excluding tert-OH is 1. The van der Waals surface area contributed by atoms with Gasteiger partial charge in [0, 0.05) is 44.3 Å². The fraction of sp³-hybridized carbons (Fsp3) is 0.657. The number of benzene rings is 1. The molecule has 1 aromatic carbocycles. The smallest absolute Gasteiger partial charge is 0.270 e. The van der Waals surface area contributed by atoms with Gasteiger partial charge in [0.1, 0.15) is 23.8 Å². The number of hydrogen-bond acceptors (Lipinski definition) is 7. The lowest BCUT2D eigenvalue weighted by molar-refractivity contribution is -0.138. The Bertz CT molecular complexity index is 1360. The fourth-order valence-electron chi connectivity index (χ4n) is 6.94. The van der Waals surface area contributed by atoms with Gasteiger partial charge in [-0.3, -0.25) is 29.3 Å². The summed E-state index contributed by atoms with van der Waals surface area (Å²) < 4.78 is 17.3. The van der Waals surface area contributed by atoms with Crippen LogP contribution in [0.15, 0.2) is 30.5 Å². The molecule has 1 saturated heterocycles. The Kier molecular flexibility index (Phi) is 12.9. The van der Waals surface area contributed by atoms with Crippen molar-refractivity contribution in [3.05, 3.63) is 47.5 Å². The van der Waals surface area contributed by atoms with Crippen molar-refractivity contribution in [3.63, 3.8) is 0 Å². The van der Waals surface area contributed by atoms with Crippen LogP contribution in [0.1, 0.15) is 95.6 Å². The van der Waals surface area contributed by atoms with Crippen LogP contribution in [0.4, 0.5) is 10.1 Å². The molecule has 1 saturated carbocycles. The average Bonchev–Trinajstić information content (AvgIpc) is 3.56. The molecule has 2 heterocycles. The summed E-state index contributed by atoms with van der Waals surface area (Å²) in [6, 6.07) is 4.77. The van der Waals surface area contributed by atoms with Gasteiger partial charge in [0.05, 0.1) is 11.7 Å². The van der Waals surface area contributed by atoms with Gasteiger partial charge in [-0.2, -0.15) is 5.10 Å². The zero-order valence-corrected chi connectivity index (χ0v) is 28.8. The van der Waals surface area contributed by atoms with Crippen molar-refractivity contribution in [2.24, 2.45) is 11.8 Å². The standard InChI is InChI=1S/C35H54FN7O4/c1-7-30(44)39-31(35(47)42-19-18-41(8-2)23(5)21-42)24(6)26-14-15-28(27(36)20-26)38-34(46)32(25-12-10-22(4)11-13-25)40-33(45)29-16-17-37-43(29)9-3/h14-17,20,22-25,30-32,39,44H,7-13,18-19,21H2,1-6H3,(H,38,46)(H,40,45)/t22-,23-,24+,25-,30?,31-,32+/m1/s1. The van der Waals surface area contributed by atoms with Gasteiger partial charge < -0.3 is 20.6 Å². The van der Waals surface area contributed by atoms with E-state index in [2.05, 4.69) is 46.7 Å². The number of carbonyl (C=O) groups excluding carboxylic acids is 3. The summed E-state index contributed by atoms with van der Waals surface area (Å²) in [5.41, 5.74) is 0.933. The second-order valence-corrected chi connectivity index (χ2v) is 13.4. The zero-order chi connectivity index (χ0) is 34.2. The highest BCUT2D eigenvalue weighted by Crippen LogP contribution is 2.32. The van der Waals surface area contributed by atoms with E-state index in [1.54, 1.807) is 23.0 Å². The lowest BCUT2D eigenvalue weighted by Gasteiger charge is -2.41. The first kappa shape index (κ1) is 36.5. The van der Waals surface area contributed by atoms with Crippen molar-refractivity contribution in [2.45, 2.75) is 110 Å². The van der Waals surface area contributed by atoms with Gasteiger partial charge in [0.2, 0.25) is 11.8 Å². The number of carbonyl (C=O) groups is 3. The monoisotopic (exact) mass is 655 g/mol. The largest absolute Gasteiger partial charge is 0.379 e. The number of aromatic nitrogens is 2. The number of rotatable bonds is 13. The van der Waals surface area contributed by atoms with E-state index >= 15 is 4.39 Å². The maximum atomic E-state index is 15.7. The van der Waals surface area contributed by atoms with Crippen molar-refractivity contribution < 1.29 is 23.9 Å². The van der Waals surface area contributed by atoms with Gasteiger partial charge in [-0.05, 0) is 75.3 Å². The molecule has 2 aliphatic rings. The van der Waals surface area contributed by atoms with Gasteiger partial charge in [0.25, 0.3) is 5.91 Å². The highest BCUT2D eigenvalue weighted by Gasteiger charge is 2.36. The van der Waals surface area contributed by atoms with E-state index in [9.17, 15) is 19.5 Å². The third-order valence-electron chi connectivity index (χ3n) is 10.1. The van der Waals surface area contributed by atoms with Gasteiger partial charge in [0.15, 0.2) is 0 Å². The number of aryl methyl sites for hydroxylation is 1. The Morgan fingerprint density at radius 1 is 1.04 bits per heavy atom. The number of aliphatic hydroxyl groups is 1. The van der Waals surface area contributed by atoms with Crippen molar-refractivity contribution in [2.75, 3.05) is 31.5 Å². The second kappa shape index (κ2) is 16.7. The Morgan fingerprint density at radius 2 is 1.77 bits per heavy atom. The fourth-order valence-corrected chi connectivity index (χ4v) is 6.94. The Hall–Kier alpha value is -3.35. The van der Waals surface area contributed by atoms with Crippen molar-refractivity contribution in [1.29, 1.82) is 0 Å². The van der Waals surface area contributed by atoms with Crippen LogP contribution in [0.3, 0.4) is 0 Å². The first-order valence-electron chi connectivity index (χ1n) is 17.4. The summed E-state index contributed by atoms with van der Waals surface area (Å²) in [7, 11) is 0. The van der Waals surface area contributed by atoms with E-state index in [1.807, 2.05) is 25.7 Å². The van der Waals surface area contributed by atoms with E-state index in [0.29, 0.717) is 43.2 Å². The molecule has 1 unspecified atom stereocenters. The molecule has 4 N–H and O–H groups in total. The highest BCUT2D eigenvalue weighted by molar-refractivity contribution is 6.00. The molecule has 3 amide bonds. The predicted molar refractivity (Wildman–Crippen MR) is 180 cm³/mol. The minimum absolute atomic E-state index is 0.00178. The molecule has 12 heteroatoms.